The maximum atomic E-state index is 10.8. The molecule has 15 heavy (non-hydrogen) atoms. The molecule has 0 bridgehead atoms. The first-order valence-corrected chi connectivity index (χ1v) is 6.23. The van der Waals surface area contributed by atoms with Crippen LogP contribution in [-0.2, 0) is 4.79 Å². The van der Waals surface area contributed by atoms with Gasteiger partial charge in [0.1, 0.15) is 0 Å². The lowest BCUT2D eigenvalue weighted by molar-refractivity contribution is -0.146. The molecule has 0 radical (unpaired) electrons. The minimum absolute atomic E-state index is 0.117. The van der Waals surface area contributed by atoms with Crippen molar-refractivity contribution in [1.82, 2.24) is 5.32 Å². The fraction of sp³-hybridized carbons (Fsp3) is 0.917. The molecule has 2 rings (SSSR count). The van der Waals surface area contributed by atoms with E-state index in [1.165, 1.54) is 32.1 Å². The Kier molecular flexibility index (Phi) is 3.62. The molecule has 86 valence electrons. The Bertz CT molecular complexity index is 224. The SMILES string of the molecule is O=C(O)C1CCC1NCCC1CCCC1. The van der Waals surface area contributed by atoms with Gasteiger partial charge in [-0.3, -0.25) is 4.79 Å². The fourth-order valence-corrected chi connectivity index (χ4v) is 2.81. The van der Waals surface area contributed by atoms with Gasteiger partial charge in [0, 0.05) is 6.04 Å². The van der Waals surface area contributed by atoms with Crippen LogP contribution in [0.25, 0.3) is 0 Å². The number of aliphatic carboxylic acids is 1. The molecular formula is C12H21NO2. The van der Waals surface area contributed by atoms with Crippen LogP contribution in [0.3, 0.4) is 0 Å². The maximum absolute atomic E-state index is 10.8. The summed E-state index contributed by atoms with van der Waals surface area (Å²) in [6.07, 6.45) is 8.70. The molecule has 0 aliphatic heterocycles. The van der Waals surface area contributed by atoms with E-state index >= 15 is 0 Å². The molecule has 3 heteroatoms. The predicted molar refractivity (Wildman–Crippen MR) is 58.7 cm³/mol. The summed E-state index contributed by atoms with van der Waals surface area (Å²) in [5.74, 6) is 0.161. The largest absolute Gasteiger partial charge is 0.481 e. The van der Waals surface area contributed by atoms with Gasteiger partial charge in [0.25, 0.3) is 0 Å². The normalized spacial score (nSPS) is 31.5. The highest BCUT2D eigenvalue weighted by Gasteiger charge is 2.35. The first-order valence-electron chi connectivity index (χ1n) is 6.23. The summed E-state index contributed by atoms with van der Waals surface area (Å²) < 4.78 is 0. The Hall–Kier alpha value is -0.570. The monoisotopic (exact) mass is 211 g/mol. The Labute approximate surface area is 91.2 Å². The van der Waals surface area contributed by atoms with E-state index in [1.54, 1.807) is 0 Å². The van der Waals surface area contributed by atoms with Gasteiger partial charge in [-0.1, -0.05) is 25.7 Å². The Morgan fingerprint density at radius 2 is 1.93 bits per heavy atom. The van der Waals surface area contributed by atoms with Gasteiger partial charge in [0.05, 0.1) is 5.92 Å². The van der Waals surface area contributed by atoms with Crippen molar-refractivity contribution in [1.29, 1.82) is 0 Å². The summed E-state index contributed by atoms with van der Waals surface area (Å²) in [5.41, 5.74) is 0. The van der Waals surface area contributed by atoms with Crippen molar-refractivity contribution >= 4 is 5.97 Å². The van der Waals surface area contributed by atoms with Crippen LogP contribution in [0.1, 0.15) is 44.9 Å². The van der Waals surface area contributed by atoms with E-state index in [1.807, 2.05) is 0 Å². The van der Waals surface area contributed by atoms with Gasteiger partial charge in [-0.2, -0.15) is 0 Å². The quantitative estimate of drug-likeness (QED) is 0.731. The highest BCUT2D eigenvalue weighted by molar-refractivity contribution is 5.72. The van der Waals surface area contributed by atoms with Crippen LogP contribution in [0.15, 0.2) is 0 Å². The average molecular weight is 211 g/mol. The third kappa shape index (κ3) is 2.71. The number of carboxylic acids is 1. The lowest BCUT2D eigenvalue weighted by Gasteiger charge is -2.34. The van der Waals surface area contributed by atoms with E-state index < -0.39 is 5.97 Å². The van der Waals surface area contributed by atoms with Crippen LogP contribution in [0, 0.1) is 11.8 Å². The highest BCUT2D eigenvalue weighted by Crippen LogP contribution is 2.29. The van der Waals surface area contributed by atoms with E-state index in [2.05, 4.69) is 5.32 Å². The Morgan fingerprint density at radius 1 is 1.20 bits per heavy atom. The van der Waals surface area contributed by atoms with E-state index in [4.69, 9.17) is 5.11 Å². The first kappa shape index (κ1) is 10.9. The zero-order valence-electron chi connectivity index (χ0n) is 9.24. The molecule has 2 aliphatic rings. The molecule has 3 nitrogen and oxygen atoms in total. The molecule has 0 spiro atoms. The van der Waals surface area contributed by atoms with Crippen LogP contribution < -0.4 is 5.32 Å². The van der Waals surface area contributed by atoms with Crippen molar-refractivity contribution in [2.24, 2.45) is 11.8 Å². The van der Waals surface area contributed by atoms with Gasteiger partial charge in [-0.25, -0.2) is 0 Å². The Morgan fingerprint density at radius 3 is 2.47 bits per heavy atom. The number of carbonyl (C=O) groups is 1. The molecule has 2 aliphatic carbocycles. The number of carboxylic acid groups (broad SMARTS) is 1. The van der Waals surface area contributed by atoms with Gasteiger partial charge in [0.15, 0.2) is 0 Å². The van der Waals surface area contributed by atoms with Crippen molar-refractivity contribution in [2.45, 2.75) is 51.0 Å². The van der Waals surface area contributed by atoms with E-state index in [0.29, 0.717) is 0 Å². The molecule has 2 saturated carbocycles. The number of rotatable bonds is 5. The lowest BCUT2D eigenvalue weighted by Crippen LogP contribution is -2.48. The second-order valence-electron chi connectivity index (χ2n) is 5.02. The number of hydrogen-bond acceptors (Lipinski definition) is 2. The summed E-state index contributed by atoms with van der Waals surface area (Å²) in [5, 5.41) is 12.3. The summed E-state index contributed by atoms with van der Waals surface area (Å²) in [6, 6.07) is 0.254. The van der Waals surface area contributed by atoms with Crippen LogP contribution in [0.5, 0.6) is 0 Å². The molecule has 2 N–H and O–H groups in total. The molecular weight excluding hydrogens is 190 g/mol. The van der Waals surface area contributed by atoms with E-state index in [-0.39, 0.29) is 12.0 Å². The minimum atomic E-state index is -0.625. The highest BCUT2D eigenvalue weighted by atomic mass is 16.4. The third-order valence-corrected chi connectivity index (χ3v) is 4.03. The average Bonchev–Trinajstić information content (AvgIpc) is 2.61. The zero-order chi connectivity index (χ0) is 10.7. The second-order valence-corrected chi connectivity index (χ2v) is 5.02. The van der Waals surface area contributed by atoms with Gasteiger partial charge < -0.3 is 10.4 Å². The van der Waals surface area contributed by atoms with Crippen molar-refractivity contribution in [2.75, 3.05) is 6.54 Å². The molecule has 0 aromatic heterocycles. The smallest absolute Gasteiger partial charge is 0.308 e. The summed E-state index contributed by atoms with van der Waals surface area (Å²) in [4.78, 5) is 10.8. The van der Waals surface area contributed by atoms with Gasteiger partial charge in [0.2, 0.25) is 0 Å². The number of nitrogens with one attached hydrogen (secondary N) is 1. The molecule has 0 aromatic rings. The van der Waals surface area contributed by atoms with Crippen LogP contribution in [0.2, 0.25) is 0 Å². The summed E-state index contributed by atoms with van der Waals surface area (Å²) in [7, 11) is 0. The number of hydrogen-bond donors (Lipinski definition) is 2. The molecule has 2 unspecified atom stereocenters. The molecule has 0 heterocycles. The molecule has 2 atom stereocenters. The molecule has 0 amide bonds. The van der Waals surface area contributed by atoms with Crippen molar-refractivity contribution in [3.8, 4) is 0 Å². The van der Waals surface area contributed by atoms with Crippen molar-refractivity contribution < 1.29 is 9.90 Å². The van der Waals surface area contributed by atoms with Gasteiger partial charge in [-0.05, 0) is 31.7 Å². The van der Waals surface area contributed by atoms with Crippen LogP contribution in [0.4, 0.5) is 0 Å². The van der Waals surface area contributed by atoms with Gasteiger partial charge >= 0.3 is 5.97 Å². The predicted octanol–water partition coefficient (Wildman–Crippen LogP) is 2.02. The lowest BCUT2D eigenvalue weighted by atomic mass is 9.79. The zero-order valence-corrected chi connectivity index (χ0v) is 9.24. The minimum Gasteiger partial charge on any atom is -0.481 e. The first-order chi connectivity index (χ1) is 7.27. The standard InChI is InChI=1S/C12H21NO2/c14-12(15)10-5-6-11(10)13-8-7-9-3-1-2-4-9/h9-11,13H,1-8H2,(H,14,15). The van der Waals surface area contributed by atoms with E-state index in [9.17, 15) is 4.79 Å². The molecule has 0 aromatic carbocycles. The van der Waals surface area contributed by atoms with Crippen molar-refractivity contribution in [3.05, 3.63) is 0 Å². The Balaban J connectivity index is 1.59. The van der Waals surface area contributed by atoms with E-state index in [0.717, 1.165) is 25.3 Å². The topological polar surface area (TPSA) is 49.3 Å². The van der Waals surface area contributed by atoms with Crippen molar-refractivity contribution in [3.63, 3.8) is 0 Å². The third-order valence-electron chi connectivity index (χ3n) is 4.03. The summed E-state index contributed by atoms with van der Waals surface area (Å²) in [6.45, 7) is 1.01. The molecule has 0 saturated heterocycles. The van der Waals surface area contributed by atoms with Crippen LogP contribution in [-0.4, -0.2) is 23.7 Å². The second kappa shape index (κ2) is 4.97. The summed E-state index contributed by atoms with van der Waals surface area (Å²) >= 11 is 0. The van der Waals surface area contributed by atoms with Crippen LogP contribution >= 0.6 is 0 Å². The fourth-order valence-electron chi connectivity index (χ4n) is 2.81. The maximum Gasteiger partial charge on any atom is 0.308 e. The van der Waals surface area contributed by atoms with Gasteiger partial charge in [-0.15, -0.1) is 0 Å². The molecule has 2 fully saturated rings.